The molecular formula is C19H20N2O7. The number of hydrogen-bond donors (Lipinski definition) is 1. The summed E-state index contributed by atoms with van der Waals surface area (Å²) in [4.78, 5) is 35.0. The topological polar surface area (TPSA) is 117 Å². The van der Waals surface area contributed by atoms with E-state index in [0.717, 1.165) is 6.07 Å². The molecule has 1 unspecified atom stereocenters. The van der Waals surface area contributed by atoms with Crippen LogP contribution in [0.25, 0.3) is 0 Å². The molecule has 1 N–H and O–H groups in total. The minimum absolute atomic E-state index is 0.0503. The first-order valence-corrected chi connectivity index (χ1v) is 8.42. The van der Waals surface area contributed by atoms with Crippen LogP contribution in [-0.2, 0) is 9.53 Å². The summed E-state index contributed by atoms with van der Waals surface area (Å²) in [6.07, 6.45) is -1.11. The van der Waals surface area contributed by atoms with Crippen LogP contribution in [0.1, 0.15) is 24.2 Å². The van der Waals surface area contributed by atoms with Crippen LogP contribution in [0.15, 0.2) is 42.5 Å². The minimum atomic E-state index is -1.11. The zero-order chi connectivity index (χ0) is 20.7. The number of benzene rings is 2. The minimum Gasteiger partial charge on any atom is -0.497 e. The van der Waals surface area contributed by atoms with Crippen molar-refractivity contribution in [2.75, 3.05) is 19.0 Å². The van der Waals surface area contributed by atoms with Gasteiger partial charge < -0.3 is 19.5 Å². The van der Waals surface area contributed by atoms with Gasteiger partial charge in [-0.25, -0.2) is 4.79 Å². The Morgan fingerprint density at radius 1 is 1.18 bits per heavy atom. The Balaban J connectivity index is 2.05. The molecule has 148 valence electrons. The number of nitro benzene ring substituents is 1. The lowest BCUT2D eigenvalue weighted by atomic mass is 10.2. The molecule has 0 aliphatic carbocycles. The molecule has 0 aromatic heterocycles. The molecule has 0 bridgehead atoms. The van der Waals surface area contributed by atoms with E-state index in [9.17, 15) is 19.7 Å². The largest absolute Gasteiger partial charge is 0.497 e. The van der Waals surface area contributed by atoms with Gasteiger partial charge >= 0.3 is 11.7 Å². The smallest absolute Gasteiger partial charge is 0.339 e. The quantitative estimate of drug-likeness (QED) is 0.419. The van der Waals surface area contributed by atoms with Crippen molar-refractivity contribution in [2.45, 2.75) is 20.0 Å². The Morgan fingerprint density at radius 2 is 1.86 bits per heavy atom. The van der Waals surface area contributed by atoms with Crippen LogP contribution in [0.2, 0.25) is 0 Å². The number of nitrogens with one attached hydrogen (secondary N) is 1. The molecule has 9 heteroatoms. The van der Waals surface area contributed by atoms with Gasteiger partial charge in [-0.15, -0.1) is 0 Å². The molecule has 0 fully saturated rings. The Morgan fingerprint density at radius 3 is 2.43 bits per heavy atom. The number of anilines is 1. The Bertz CT molecular complexity index is 865. The lowest BCUT2D eigenvalue weighted by Gasteiger charge is -2.14. The SMILES string of the molecule is CCOc1ccc(C(=O)OC(C)C(=O)Nc2ccc(OC)cc2)cc1[N+](=O)[O-]. The molecule has 0 radical (unpaired) electrons. The van der Waals surface area contributed by atoms with Crippen molar-refractivity contribution in [3.8, 4) is 11.5 Å². The van der Waals surface area contributed by atoms with Crippen molar-refractivity contribution in [1.82, 2.24) is 0 Å². The number of ether oxygens (including phenoxy) is 3. The summed E-state index contributed by atoms with van der Waals surface area (Å²) in [5.74, 6) is -0.716. The van der Waals surface area contributed by atoms with Gasteiger partial charge in [0, 0.05) is 11.8 Å². The monoisotopic (exact) mass is 388 g/mol. The highest BCUT2D eigenvalue weighted by Crippen LogP contribution is 2.28. The number of nitrogens with zero attached hydrogens (tertiary/aromatic N) is 1. The first kappa shape index (κ1) is 20.7. The van der Waals surface area contributed by atoms with Crippen molar-refractivity contribution < 1.29 is 28.7 Å². The molecule has 28 heavy (non-hydrogen) atoms. The molecule has 9 nitrogen and oxygen atoms in total. The van der Waals surface area contributed by atoms with Crippen molar-refractivity contribution in [1.29, 1.82) is 0 Å². The molecule has 0 spiro atoms. The Labute approximate surface area is 161 Å². The predicted molar refractivity (Wildman–Crippen MR) is 101 cm³/mol. The molecule has 2 aromatic carbocycles. The predicted octanol–water partition coefficient (Wildman–Crippen LogP) is 3.19. The van der Waals surface area contributed by atoms with Crippen LogP contribution in [0.5, 0.6) is 11.5 Å². The van der Waals surface area contributed by atoms with Gasteiger partial charge in [0.05, 0.1) is 24.2 Å². The van der Waals surface area contributed by atoms with Gasteiger partial charge in [0.25, 0.3) is 5.91 Å². The molecule has 2 rings (SSSR count). The van der Waals surface area contributed by atoms with Crippen molar-refractivity contribution in [3.63, 3.8) is 0 Å². The number of carbonyl (C=O) groups excluding carboxylic acids is 2. The highest BCUT2D eigenvalue weighted by Gasteiger charge is 2.23. The maximum Gasteiger partial charge on any atom is 0.339 e. The summed E-state index contributed by atoms with van der Waals surface area (Å²) < 4.78 is 15.3. The van der Waals surface area contributed by atoms with E-state index < -0.39 is 22.9 Å². The van der Waals surface area contributed by atoms with Crippen LogP contribution >= 0.6 is 0 Å². The molecular weight excluding hydrogens is 368 g/mol. The summed E-state index contributed by atoms with van der Waals surface area (Å²) in [7, 11) is 1.53. The highest BCUT2D eigenvalue weighted by atomic mass is 16.6. The zero-order valence-corrected chi connectivity index (χ0v) is 15.6. The average Bonchev–Trinajstić information content (AvgIpc) is 2.68. The molecule has 0 saturated carbocycles. The van der Waals surface area contributed by atoms with E-state index in [-0.39, 0.29) is 23.6 Å². The van der Waals surface area contributed by atoms with Crippen molar-refractivity contribution >= 4 is 23.3 Å². The number of hydrogen-bond acceptors (Lipinski definition) is 7. The summed E-state index contributed by atoms with van der Waals surface area (Å²) in [5.41, 5.74) is 0.0938. The summed E-state index contributed by atoms with van der Waals surface area (Å²) in [5, 5.41) is 13.8. The third kappa shape index (κ3) is 5.19. The van der Waals surface area contributed by atoms with Crippen LogP contribution in [0.4, 0.5) is 11.4 Å². The van der Waals surface area contributed by atoms with E-state index >= 15 is 0 Å². The first-order valence-electron chi connectivity index (χ1n) is 8.42. The van der Waals surface area contributed by atoms with E-state index in [1.165, 1.54) is 26.2 Å². The fraction of sp³-hybridized carbons (Fsp3) is 0.263. The zero-order valence-electron chi connectivity index (χ0n) is 15.6. The molecule has 0 heterocycles. The van der Waals surface area contributed by atoms with Crippen molar-refractivity contribution in [2.24, 2.45) is 0 Å². The Hall–Kier alpha value is -3.62. The van der Waals surface area contributed by atoms with E-state index in [1.807, 2.05) is 0 Å². The number of carbonyl (C=O) groups is 2. The number of rotatable bonds is 8. The number of nitro groups is 1. The lowest BCUT2D eigenvalue weighted by molar-refractivity contribution is -0.385. The van der Waals surface area contributed by atoms with Gasteiger partial charge in [-0.2, -0.15) is 0 Å². The summed E-state index contributed by atoms with van der Waals surface area (Å²) in [6, 6.07) is 10.3. The van der Waals surface area contributed by atoms with Crippen LogP contribution < -0.4 is 14.8 Å². The lowest BCUT2D eigenvalue weighted by Crippen LogP contribution is -2.30. The van der Waals surface area contributed by atoms with E-state index in [4.69, 9.17) is 14.2 Å². The number of esters is 1. The van der Waals surface area contributed by atoms with Gasteiger partial charge in [0.15, 0.2) is 11.9 Å². The highest BCUT2D eigenvalue weighted by molar-refractivity contribution is 5.97. The molecule has 1 atom stereocenters. The Kier molecular flexibility index (Phi) is 6.91. The normalized spacial score (nSPS) is 11.2. The number of amides is 1. The third-order valence-corrected chi connectivity index (χ3v) is 3.70. The maximum absolute atomic E-state index is 12.3. The standard InChI is InChI=1S/C19H20N2O7/c1-4-27-17-10-5-13(11-16(17)21(24)25)19(23)28-12(2)18(22)20-14-6-8-15(26-3)9-7-14/h5-12H,4H2,1-3H3,(H,20,22). The third-order valence-electron chi connectivity index (χ3n) is 3.70. The maximum atomic E-state index is 12.3. The van der Waals surface area contributed by atoms with E-state index in [0.29, 0.717) is 11.4 Å². The fourth-order valence-corrected chi connectivity index (χ4v) is 2.26. The van der Waals surface area contributed by atoms with Gasteiger partial charge in [0.2, 0.25) is 0 Å². The van der Waals surface area contributed by atoms with E-state index in [1.54, 1.807) is 31.2 Å². The molecule has 0 saturated heterocycles. The van der Waals surface area contributed by atoms with Crippen molar-refractivity contribution in [3.05, 3.63) is 58.1 Å². The average molecular weight is 388 g/mol. The van der Waals surface area contributed by atoms with Gasteiger partial charge in [-0.05, 0) is 50.2 Å². The second-order valence-corrected chi connectivity index (χ2v) is 5.64. The van der Waals surface area contributed by atoms with Crippen LogP contribution in [0, 0.1) is 10.1 Å². The second kappa shape index (κ2) is 9.36. The summed E-state index contributed by atoms with van der Waals surface area (Å²) >= 11 is 0. The van der Waals surface area contributed by atoms with Crippen LogP contribution in [-0.4, -0.2) is 36.6 Å². The first-order chi connectivity index (χ1) is 13.3. The van der Waals surface area contributed by atoms with Gasteiger partial charge in [-0.1, -0.05) is 0 Å². The van der Waals surface area contributed by atoms with E-state index in [2.05, 4.69) is 5.32 Å². The molecule has 0 aliphatic rings. The summed E-state index contributed by atoms with van der Waals surface area (Å²) in [6.45, 7) is 3.34. The molecule has 0 aliphatic heterocycles. The fourth-order valence-electron chi connectivity index (χ4n) is 2.26. The molecule has 2 aromatic rings. The van der Waals surface area contributed by atoms with Gasteiger partial charge in [-0.3, -0.25) is 14.9 Å². The van der Waals surface area contributed by atoms with Crippen LogP contribution in [0.3, 0.4) is 0 Å². The number of methoxy groups -OCH3 is 1. The second-order valence-electron chi connectivity index (χ2n) is 5.64. The van der Waals surface area contributed by atoms with Gasteiger partial charge in [0.1, 0.15) is 5.75 Å². The molecule has 1 amide bonds.